The molecule has 0 atom stereocenters. The Hall–Kier alpha value is -2.44. The van der Waals surface area contributed by atoms with Crippen molar-refractivity contribution < 1.29 is 12.8 Å². The summed E-state index contributed by atoms with van der Waals surface area (Å²) in [4.78, 5) is 4.25. The van der Waals surface area contributed by atoms with Gasteiger partial charge in [0.2, 0.25) is 10.0 Å². The zero-order valence-corrected chi connectivity index (χ0v) is 13.4. The second-order valence-corrected chi connectivity index (χ2v) is 6.85. The van der Waals surface area contributed by atoms with Crippen LogP contribution in [0.5, 0.6) is 0 Å². The Labute approximate surface area is 135 Å². The molecule has 1 aromatic heterocycles. The van der Waals surface area contributed by atoms with Crippen LogP contribution in [0.15, 0.2) is 70.1 Å². The molecule has 6 heteroatoms. The molecule has 1 heterocycles. The first-order valence-corrected chi connectivity index (χ1v) is 8.59. The zero-order chi connectivity index (χ0) is 16.3. The highest BCUT2D eigenvalue weighted by Gasteiger charge is 2.14. The van der Waals surface area contributed by atoms with Gasteiger partial charge in [0.15, 0.2) is 11.7 Å². The van der Waals surface area contributed by atoms with Crippen LogP contribution in [0.1, 0.15) is 11.5 Å². The molecule has 23 heavy (non-hydrogen) atoms. The number of nitrogens with one attached hydrogen (secondary N) is 1. The Morgan fingerprint density at radius 1 is 1.04 bits per heavy atom. The maximum absolute atomic E-state index is 12.3. The molecule has 0 aliphatic rings. The molecule has 0 saturated carbocycles. The molecular formula is C17H16N2O3S. The van der Waals surface area contributed by atoms with Crippen molar-refractivity contribution in [1.82, 2.24) is 9.71 Å². The average Bonchev–Trinajstić information content (AvgIpc) is 3.01. The minimum atomic E-state index is -3.55. The largest absolute Gasteiger partial charge is 0.441 e. The van der Waals surface area contributed by atoms with E-state index in [1.165, 1.54) is 0 Å². The third-order valence-corrected chi connectivity index (χ3v) is 4.80. The fourth-order valence-corrected chi connectivity index (χ4v) is 3.17. The van der Waals surface area contributed by atoms with Crippen molar-refractivity contribution in [2.24, 2.45) is 0 Å². The zero-order valence-electron chi connectivity index (χ0n) is 12.6. The Balaban J connectivity index is 1.75. The van der Waals surface area contributed by atoms with Crippen molar-refractivity contribution in [2.45, 2.75) is 18.4 Å². The van der Waals surface area contributed by atoms with Crippen LogP contribution in [0.25, 0.3) is 11.3 Å². The Morgan fingerprint density at radius 3 is 2.35 bits per heavy atom. The van der Waals surface area contributed by atoms with E-state index in [1.807, 2.05) is 30.3 Å². The average molecular weight is 328 g/mol. The highest BCUT2D eigenvalue weighted by molar-refractivity contribution is 7.89. The lowest BCUT2D eigenvalue weighted by molar-refractivity contribution is 0.534. The van der Waals surface area contributed by atoms with E-state index in [-0.39, 0.29) is 11.4 Å². The van der Waals surface area contributed by atoms with Crippen LogP contribution >= 0.6 is 0 Å². The molecule has 2 aromatic carbocycles. The fourth-order valence-electron chi connectivity index (χ4n) is 2.15. The van der Waals surface area contributed by atoms with E-state index < -0.39 is 10.0 Å². The molecule has 0 spiro atoms. The highest BCUT2D eigenvalue weighted by atomic mass is 32.2. The van der Waals surface area contributed by atoms with Crippen molar-refractivity contribution in [3.63, 3.8) is 0 Å². The second-order valence-electron chi connectivity index (χ2n) is 5.08. The first-order chi connectivity index (χ1) is 11.0. The Morgan fingerprint density at radius 2 is 1.74 bits per heavy atom. The topological polar surface area (TPSA) is 72.2 Å². The normalized spacial score (nSPS) is 11.5. The lowest BCUT2D eigenvalue weighted by Gasteiger charge is -2.07. The van der Waals surface area contributed by atoms with Gasteiger partial charge in [-0.1, -0.05) is 30.3 Å². The maximum Gasteiger partial charge on any atom is 0.240 e. The van der Waals surface area contributed by atoms with E-state index in [0.29, 0.717) is 11.7 Å². The fraction of sp³-hybridized carbons (Fsp3) is 0.118. The molecule has 0 saturated heterocycles. The SMILES string of the molecule is Cc1ncc(-c2ccc(S(=O)(=O)NCc3ccccc3)cc2)o1. The van der Waals surface area contributed by atoms with Crippen LogP contribution in [0.4, 0.5) is 0 Å². The predicted molar refractivity (Wildman–Crippen MR) is 87.1 cm³/mol. The molecule has 5 nitrogen and oxygen atoms in total. The summed E-state index contributed by atoms with van der Waals surface area (Å²) in [5, 5.41) is 0. The van der Waals surface area contributed by atoms with Crippen LogP contribution in [0, 0.1) is 6.92 Å². The number of aromatic nitrogens is 1. The molecule has 0 bridgehead atoms. The minimum absolute atomic E-state index is 0.216. The van der Waals surface area contributed by atoms with E-state index in [2.05, 4.69) is 9.71 Å². The summed E-state index contributed by atoms with van der Waals surface area (Å²) in [5.41, 5.74) is 1.69. The van der Waals surface area contributed by atoms with Gasteiger partial charge < -0.3 is 4.42 Å². The number of benzene rings is 2. The summed E-state index contributed by atoms with van der Waals surface area (Å²) in [6.45, 7) is 2.02. The molecule has 3 aromatic rings. The lowest BCUT2D eigenvalue weighted by Crippen LogP contribution is -2.23. The van der Waals surface area contributed by atoms with Gasteiger partial charge in [0, 0.05) is 19.0 Å². The molecular weight excluding hydrogens is 312 g/mol. The second kappa shape index (κ2) is 6.36. The maximum atomic E-state index is 12.3. The summed E-state index contributed by atoms with van der Waals surface area (Å²) < 4.78 is 32.6. The lowest BCUT2D eigenvalue weighted by atomic mass is 10.2. The van der Waals surface area contributed by atoms with Crippen LogP contribution < -0.4 is 4.72 Å². The van der Waals surface area contributed by atoms with Gasteiger partial charge in [-0.05, 0) is 29.8 Å². The molecule has 0 radical (unpaired) electrons. The van der Waals surface area contributed by atoms with E-state index in [1.54, 1.807) is 37.4 Å². The summed E-state index contributed by atoms with van der Waals surface area (Å²) in [6.07, 6.45) is 1.62. The third kappa shape index (κ3) is 3.67. The van der Waals surface area contributed by atoms with Gasteiger partial charge in [-0.25, -0.2) is 18.1 Å². The number of oxazole rings is 1. The van der Waals surface area contributed by atoms with Gasteiger partial charge in [0.1, 0.15) is 0 Å². The number of rotatable bonds is 5. The van der Waals surface area contributed by atoms with E-state index in [4.69, 9.17) is 4.42 Å². The number of nitrogens with zero attached hydrogens (tertiary/aromatic N) is 1. The number of hydrogen-bond acceptors (Lipinski definition) is 4. The van der Waals surface area contributed by atoms with Crippen molar-refractivity contribution >= 4 is 10.0 Å². The van der Waals surface area contributed by atoms with Gasteiger partial charge in [-0.3, -0.25) is 0 Å². The quantitative estimate of drug-likeness (QED) is 0.781. The smallest absolute Gasteiger partial charge is 0.240 e. The summed E-state index contributed by atoms with van der Waals surface area (Å²) in [6, 6.07) is 15.9. The van der Waals surface area contributed by atoms with Gasteiger partial charge in [-0.15, -0.1) is 0 Å². The summed E-state index contributed by atoms with van der Waals surface area (Å²) in [5.74, 6) is 1.19. The first kappa shape index (κ1) is 15.5. The third-order valence-electron chi connectivity index (χ3n) is 3.38. The van der Waals surface area contributed by atoms with Crippen LogP contribution in [-0.4, -0.2) is 13.4 Å². The van der Waals surface area contributed by atoms with Gasteiger partial charge in [0.25, 0.3) is 0 Å². The molecule has 0 aliphatic heterocycles. The van der Waals surface area contributed by atoms with Crippen molar-refractivity contribution in [3.05, 3.63) is 72.2 Å². The Kier molecular flexibility index (Phi) is 4.27. The van der Waals surface area contributed by atoms with Crippen molar-refractivity contribution in [3.8, 4) is 11.3 Å². The molecule has 0 aliphatic carbocycles. The summed E-state index contributed by atoms with van der Waals surface area (Å²) >= 11 is 0. The number of hydrogen-bond donors (Lipinski definition) is 1. The van der Waals surface area contributed by atoms with E-state index in [0.717, 1.165) is 11.1 Å². The van der Waals surface area contributed by atoms with Crippen molar-refractivity contribution in [1.29, 1.82) is 0 Å². The van der Waals surface area contributed by atoms with Gasteiger partial charge >= 0.3 is 0 Å². The van der Waals surface area contributed by atoms with Crippen molar-refractivity contribution in [2.75, 3.05) is 0 Å². The van der Waals surface area contributed by atoms with Gasteiger partial charge in [0.05, 0.1) is 11.1 Å². The molecule has 1 N–H and O–H groups in total. The standard InChI is InChI=1S/C17H16N2O3S/c1-13-18-12-17(22-13)15-7-9-16(10-8-15)23(20,21)19-11-14-5-3-2-4-6-14/h2-10,12,19H,11H2,1H3. The molecule has 0 unspecified atom stereocenters. The Bertz CT molecular complexity index is 885. The van der Waals surface area contributed by atoms with Crippen LogP contribution in [0.2, 0.25) is 0 Å². The molecule has 0 fully saturated rings. The van der Waals surface area contributed by atoms with E-state index in [9.17, 15) is 8.42 Å². The predicted octanol–water partition coefficient (Wildman–Crippen LogP) is 3.13. The van der Waals surface area contributed by atoms with Crippen LogP contribution in [-0.2, 0) is 16.6 Å². The minimum Gasteiger partial charge on any atom is -0.441 e. The molecule has 0 amide bonds. The highest BCUT2D eigenvalue weighted by Crippen LogP contribution is 2.22. The summed E-state index contributed by atoms with van der Waals surface area (Å²) in [7, 11) is -3.55. The molecule has 3 rings (SSSR count). The number of aryl methyl sites for hydroxylation is 1. The monoisotopic (exact) mass is 328 g/mol. The molecule has 118 valence electrons. The number of sulfonamides is 1. The van der Waals surface area contributed by atoms with E-state index >= 15 is 0 Å². The van der Waals surface area contributed by atoms with Gasteiger partial charge in [-0.2, -0.15) is 0 Å². The first-order valence-electron chi connectivity index (χ1n) is 7.11. The van der Waals surface area contributed by atoms with Crippen LogP contribution in [0.3, 0.4) is 0 Å².